The van der Waals surface area contributed by atoms with Crippen LogP contribution in [0.4, 0.5) is 15.8 Å². The molecule has 1 aliphatic rings. The fourth-order valence-corrected chi connectivity index (χ4v) is 4.40. The van der Waals surface area contributed by atoms with Crippen molar-refractivity contribution in [2.45, 2.75) is 6.92 Å². The van der Waals surface area contributed by atoms with Gasteiger partial charge >= 0.3 is 0 Å². The SMILES string of the molecule is Cc1cc(N(CC(=O)N2CCN(c3ccccc3F)CC2)S(C)(=O)=O)ccc1Br. The average molecular weight is 484 g/mol. The van der Waals surface area contributed by atoms with E-state index in [1.165, 1.54) is 6.07 Å². The van der Waals surface area contributed by atoms with Gasteiger partial charge in [-0.2, -0.15) is 0 Å². The maximum Gasteiger partial charge on any atom is 0.243 e. The maximum absolute atomic E-state index is 14.0. The second-order valence-corrected chi connectivity index (χ2v) is 9.78. The number of hydrogen-bond donors (Lipinski definition) is 0. The molecule has 1 amide bonds. The second-order valence-electron chi connectivity index (χ2n) is 7.02. The molecule has 0 atom stereocenters. The first kappa shape index (κ1) is 21.6. The number of sulfonamides is 1. The van der Waals surface area contributed by atoms with Crippen LogP contribution < -0.4 is 9.21 Å². The summed E-state index contributed by atoms with van der Waals surface area (Å²) in [5.74, 6) is -0.565. The summed E-state index contributed by atoms with van der Waals surface area (Å²) in [4.78, 5) is 16.3. The highest BCUT2D eigenvalue weighted by atomic mass is 79.9. The highest BCUT2D eigenvalue weighted by molar-refractivity contribution is 9.10. The van der Waals surface area contributed by atoms with Crippen molar-refractivity contribution in [2.24, 2.45) is 0 Å². The van der Waals surface area contributed by atoms with Crippen LogP contribution in [0, 0.1) is 12.7 Å². The Morgan fingerprint density at radius 1 is 1.14 bits per heavy atom. The van der Waals surface area contributed by atoms with Gasteiger partial charge in [0.05, 0.1) is 17.6 Å². The van der Waals surface area contributed by atoms with Gasteiger partial charge in [-0.3, -0.25) is 9.10 Å². The predicted molar refractivity (Wildman–Crippen MR) is 116 cm³/mol. The molecule has 1 aliphatic heterocycles. The van der Waals surface area contributed by atoms with Crippen LogP contribution in [0.25, 0.3) is 0 Å². The van der Waals surface area contributed by atoms with Crippen LogP contribution in [-0.4, -0.2) is 58.2 Å². The smallest absolute Gasteiger partial charge is 0.243 e. The Hall–Kier alpha value is -2.13. The summed E-state index contributed by atoms with van der Waals surface area (Å²) in [6.45, 7) is 3.39. The lowest BCUT2D eigenvalue weighted by Crippen LogP contribution is -2.52. The van der Waals surface area contributed by atoms with Gasteiger partial charge in [-0.25, -0.2) is 12.8 Å². The third-order valence-corrected chi connectivity index (χ3v) is 6.96. The molecule has 1 fully saturated rings. The number of piperazine rings is 1. The first-order valence-corrected chi connectivity index (χ1v) is 11.8. The van der Waals surface area contributed by atoms with Crippen molar-refractivity contribution in [3.63, 3.8) is 0 Å². The van der Waals surface area contributed by atoms with E-state index in [0.29, 0.717) is 37.6 Å². The lowest BCUT2D eigenvalue weighted by molar-refractivity contribution is -0.129. The summed E-state index contributed by atoms with van der Waals surface area (Å²) in [5.41, 5.74) is 1.84. The van der Waals surface area contributed by atoms with E-state index in [1.54, 1.807) is 41.3 Å². The standard InChI is InChI=1S/C20H23BrFN3O3S/c1-15-13-16(7-8-17(15)21)25(29(2,27)28)14-20(26)24-11-9-23(10-12-24)19-6-4-3-5-18(19)22/h3-8,13H,9-12,14H2,1-2H3. The lowest BCUT2D eigenvalue weighted by Gasteiger charge is -2.37. The number of halogens is 2. The van der Waals surface area contributed by atoms with Crippen LogP contribution in [0.5, 0.6) is 0 Å². The van der Waals surface area contributed by atoms with E-state index in [2.05, 4.69) is 15.9 Å². The summed E-state index contributed by atoms with van der Waals surface area (Å²) in [7, 11) is -3.63. The van der Waals surface area contributed by atoms with Crippen molar-refractivity contribution in [3.05, 3.63) is 58.3 Å². The van der Waals surface area contributed by atoms with E-state index in [1.807, 2.05) is 11.8 Å². The van der Waals surface area contributed by atoms with Crippen molar-refractivity contribution in [2.75, 3.05) is 48.2 Å². The zero-order valence-corrected chi connectivity index (χ0v) is 18.7. The zero-order valence-electron chi connectivity index (χ0n) is 16.3. The van der Waals surface area contributed by atoms with Gasteiger partial charge in [-0.15, -0.1) is 0 Å². The monoisotopic (exact) mass is 483 g/mol. The summed E-state index contributed by atoms with van der Waals surface area (Å²) in [5, 5.41) is 0. The normalized spacial score (nSPS) is 14.8. The summed E-state index contributed by atoms with van der Waals surface area (Å²) < 4.78 is 40.6. The lowest BCUT2D eigenvalue weighted by atomic mass is 10.2. The number of benzene rings is 2. The molecule has 0 spiro atoms. The molecule has 0 saturated carbocycles. The molecule has 0 aromatic heterocycles. The number of nitrogens with zero attached hydrogens (tertiary/aromatic N) is 3. The van der Waals surface area contributed by atoms with Crippen molar-refractivity contribution in [3.8, 4) is 0 Å². The molecule has 1 saturated heterocycles. The van der Waals surface area contributed by atoms with Gasteiger partial charge in [0.1, 0.15) is 12.4 Å². The minimum atomic E-state index is -3.63. The van der Waals surface area contributed by atoms with Gasteiger partial charge < -0.3 is 9.80 Å². The topological polar surface area (TPSA) is 60.9 Å². The van der Waals surface area contributed by atoms with E-state index in [0.717, 1.165) is 20.6 Å². The molecule has 2 aromatic carbocycles. The second kappa shape index (κ2) is 8.71. The van der Waals surface area contributed by atoms with E-state index in [9.17, 15) is 17.6 Å². The number of para-hydroxylation sites is 1. The number of carbonyl (C=O) groups is 1. The minimum Gasteiger partial charge on any atom is -0.366 e. The Balaban J connectivity index is 1.69. The Morgan fingerprint density at radius 3 is 2.38 bits per heavy atom. The molecule has 156 valence electrons. The Kier molecular flexibility index (Phi) is 6.48. The summed E-state index contributed by atoms with van der Waals surface area (Å²) >= 11 is 3.40. The van der Waals surface area contributed by atoms with Gasteiger partial charge in [-0.1, -0.05) is 28.1 Å². The Morgan fingerprint density at radius 2 is 1.79 bits per heavy atom. The van der Waals surface area contributed by atoms with Crippen LogP contribution in [0.1, 0.15) is 5.56 Å². The van der Waals surface area contributed by atoms with Gasteiger partial charge in [0.2, 0.25) is 15.9 Å². The van der Waals surface area contributed by atoms with Crippen LogP contribution in [0.3, 0.4) is 0 Å². The molecule has 3 rings (SSSR count). The molecule has 9 heteroatoms. The Bertz CT molecular complexity index is 1010. The first-order chi connectivity index (χ1) is 13.7. The van der Waals surface area contributed by atoms with Gasteiger partial charge in [0.25, 0.3) is 0 Å². The molecule has 0 radical (unpaired) electrons. The number of hydrogen-bond acceptors (Lipinski definition) is 4. The van der Waals surface area contributed by atoms with Gasteiger partial charge in [0.15, 0.2) is 0 Å². The van der Waals surface area contributed by atoms with Crippen LogP contribution in [0.2, 0.25) is 0 Å². The van der Waals surface area contributed by atoms with E-state index >= 15 is 0 Å². The molecular formula is C20H23BrFN3O3S. The fraction of sp³-hybridized carbons (Fsp3) is 0.350. The Labute approximate surface area is 179 Å². The highest BCUT2D eigenvalue weighted by Gasteiger charge is 2.27. The summed E-state index contributed by atoms with van der Waals surface area (Å²) in [6, 6.07) is 11.7. The average Bonchev–Trinajstić information content (AvgIpc) is 2.68. The highest BCUT2D eigenvalue weighted by Crippen LogP contribution is 2.25. The van der Waals surface area contributed by atoms with Gasteiger partial charge in [-0.05, 0) is 42.8 Å². The number of amides is 1. The third kappa shape index (κ3) is 5.08. The third-order valence-electron chi connectivity index (χ3n) is 4.93. The van der Waals surface area contributed by atoms with Crippen molar-refractivity contribution in [1.29, 1.82) is 0 Å². The van der Waals surface area contributed by atoms with Crippen molar-refractivity contribution < 1.29 is 17.6 Å². The molecule has 6 nitrogen and oxygen atoms in total. The molecule has 1 heterocycles. The number of carbonyl (C=O) groups excluding carboxylic acids is 1. The van der Waals surface area contributed by atoms with Crippen LogP contribution in [0.15, 0.2) is 46.9 Å². The van der Waals surface area contributed by atoms with E-state index in [4.69, 9.17) is 0 Å². The number of anilines is 2. The number of rotatable bonds is 5. The van der Waals surface area contributed by atoms with E-state index in [-0.39, 0.29) is 18.3 Å². The van der Waals surface area contributed by atoms with Crippen LogP contribution >= 0.6 is 15.9 Å². The fourth-order valence-electron chi connectivity index (χ4n) is 3.31. The first-order valence-electron chi connectivity index (χ1n) is 9.18. The quantitative estimate of drug-likeness (QED) is 0.655. The van der Waals surface area contributed by atoms with Crippen molar-refractivity contribution >= 4 is 43.2 Å². The molecule has 2 aromatic rings. The predicted octanol–water partition coefficient (Wildman–Crippen LogP) is 3.01. The molecule has 0 unspecified atom stereocenters. The molecule has 29 heavy (non-hydrogen) atoms. The molecule has 0 aliphatic carbocycles. The van der Waals surface area contributed by atoms with Crippen molar-refractivity contribution in [1.82, 2.24) is 4.90 Å². The molecular weight excluding hydrogens is 461 g/mol. The number of aryl methyl sites for hydroxylation is 1. The van der Waals surface area contributed by atoms with Crippen LogP contribution in [-0.2, 0) is 14.8 Å². The minimum absolute atomic E-state index is 0.264. The maximum atomic E-state index is 14.0. The zero-order chi connectivity index (χ0) is 21.2. The van der Waals surface area contributed by atoms with Gasteiger partial charge in [0, 0.05) is 30.7 Å². The largest absolute Gasteiger partial charge is 0.366 e. The molecule has 0 bridgehead atoms. The molecule has 0 N–H and O–H groups in total. The van der Waals surface area contributed by atoms with E-state index < -0.39 is 10.0 Å². The summed E-state index contributed by atoms with van der Waals surface area (Å²) in [6.07, 6.45) is 1.09.